The van der Waals surface area contributed by atoms with Crippen LogP contribution >= 0.6 is 11.6 Å². The van der Waals surface area contributed by atoms with Crippen LogP contribution in [0.2, 0.25) is 0 Å². The molecule has 0 amide bonds. The predicted octanol–water partition coefficient (Wildman–Crippen LogP) is 4.26. The Morgan fingerprint density at radius 3 is 2.56 bits per heavy atom. The lowest BCUT2D eigenvalue weighted by Crippen LogP contribution is -2.55. The van der Waals surface area contributed by atoms with Gasteiger partial charge in [0.15, 0.2) is 5.78 Å². The van der Waals surface area contributed by atoms with Crippen molar-refractivity contribution in [2.24, 2.45) is 34.5 Å². The number of carbonyl (C=O) groups excluding carboxylic acids is 2. The number of aliphatic hydroxyl groups excluding tert-OH is 1. The van der Waals surface area contributed by atoms with E-state index in [-0.39, 0.29) is 29.0 Å². The van der Waals surface area contributed by atoms with Crippen LogP contribution in [-0.4, -0.2) is 22.8 Å². The molecule has 1 unspecified atom stereocenters. The highest BCUT2D eigenvalue weighted by Crippen LogP contribution is 2.67. The number of hydrogen-bond donors (Lipinski definition) is 1. The fourth-order valence-corrected chi connectivity index (χ4v) is 7.72. The van der Waals surface area contributed by atoms with Crippen LogP contribution in [0.25, 0.3) is 0 Å². The molecule has 1 N–H and O–H groups in total. The van der Waals surface area contributed by atoms with Crippen molar-refractivity contribution in [1.29, 1.82) is 0 Å². The van der Waals surface area contributed by atoms with Gasteiger partial charge in [-0.2, -0.15) is 0 Å². The Bertz CT molecular complexity index is 668. The smallest absolute Gasteiger partial charge is 0.176 e. The maximum Gasteiger partial charge on any atom is 0.176 e. The second-order valence-corrected chi connectivity index (χ2v) is 9.80. The number of fused-ring (bicyclic) bond motifs is 5. The molecule has 25 heavy (non-hydrogen) atoms. The molecule has 0 radical (unpaired) electrons. The highest BCUT2D eigenvalue weighted by Gasteiger charge is 2.62. The molecule has 4 heteroatoms. The summed E-state index contributed by atoms with van der Waals surface area (Å²) in [4.78, 5) is 24.3. The summed E-state index contributed by atoms with van der Waals surface area (Å²) >= 11 is 6.40. The number of rotatable bonds is 1. The average Bonchev–Trinajstić information content (AvgIpc) is 2.90. The summed E-state index contributed by atoms with van der Waals surface area (Å²) in [7, 11) is 0. The van der Waals surface area contributed by atoms with E-state index in [9.17, 15) is 14.7 Å². The van der Waals surface area contributed by atoms with Crippen molar-refractivity contribution in [3.05, 3.63) is 10.6 Å². The molecule has 3 fully saturated rings. The zero-order valence-corrected chi connectivity index (χ0v) is 16.2. The number of Topliss-reactive ketones (excluding diaryl/α,β-unsaturated/α-hetero) is 2. The van der Waals surface area contributed by atoms with Crippen molar-refractivity contribution >= 4 is 23.2 Å². The lowest BCUT2D eigenvalue weighted by Gasteiger charge is -2.59. The monoisotopic (exact) mass is 364 g/mol. The van der Waals surface area contributed by atoms with Gasteiger partial charge in [0.1, 0.15) is 5.78 Å². The Labute approximate surface area is 155 Å². The van der Waals surface area contributed by atoms with Gasteiger partial charge < -0.3 is 5.11 Å². The molecule has 4 rings (SSSR count). The van der Waals surface area contributed by atoms with E-state index in [1.54, 1.807) is 6.92 Å². The molecule has 0 bridgehead atoms. The van der Waals surface area contributed by atoms with Crippen molar-refractivity contribution in [2.75, 3.05) is 0 Å². The van der Waals surface area contributed by atoms with Crippen LogP contribution < -0.4 is 0 Å². The Balaban J connectivity index is 1.73. The van der Waals surface area contributed by atoms with E-state index in [4.69, 9.17) is 11.6 Å². The zero-order valence-electron chi connectivity index (χ0n) is 15.5. The lowest BCUT2D eigenvalue weighted by molar-refractivity contribution is -0.134. The van der Waals surface area contributed by atoms with Crippen molar-refractivity contribution in [1.82, 2.24) is 0 Å². The van der Waals surface area contributed by atoms with Crippen molar-refractivity contribution in [2.45, 2.75) is 71.8 Å². The molecule has 4 aliphatic carbocycles. The SMILES string of the molecule is CC(=O)[C@H]1CC[C@H]2[C@@H]3CCC4=C(Cl)C(=O)CC(O)[C@]4(C)[C@H]3CC[C@]12C. The summed E-state index contributed by atoms with van der Waals surface area (Å²) in [5, 5.41) is 11.3. The molecule has 7 atom stereocenters. The van der Waals surface area contributed by atoms with E-state index in [1.165, 1.54) is 0 Å². The Hall–Kier alpha value is -0.670. The topological polar surface area (TPSA) is 54.4 Å². The summed E-state index contributed by atoms with van der Waals surface area (Å²) in [6.45, 7) is 6.22. The van der Waals surface area contributed by atoms with Crippen molar-refractivity contribution in [3.63, 3.8) is 0 Å². The van der Waals surface area contributed by atoms with Crippen LogP contribution in [-0.2, 0) is 9.59 Å². The van der Waals surface area contributed by atoms with Gasteiger partial charge in [-0.25, -0.2) is 0 Å². The molecule has 3 nitrogen and oxygen atoms in total. The highest BCUT2D eigenvalue weighted by atomic mass is 35.5. The van der Waals surface area contributed by atoms with Gasteiger partial charge >= 0.3 is 0 Å². The van der Waals surface area contributed by atoms with Gasteiger partial charge in [0.25, 0.3) is 0 Å². The fourth-order valence-electron chi connectivity index (χ4n) is 7.35. The number of aliphatic hydroxyl groups is 1. The molecule has 0 saturated heterocycles. The average molecular weight is 365 g/mol. The fraction of sp³-hybridized carbons (Fsp3) is 0.810. The third kappa shape index (κ3) is 2.21. The number of halogens is 1. The van der Waals surface area contributed by atoms with Crippen LogP contribution in [0.15, 0.2) is 10.6 Å². The molecule has 0 aromatic rings. The first-order valence-corrected chi connectivity index (χ1v) is 10.2. The third-order valence-corrected chi connectivity index (χ3v) is 9.10. The van der Waals surface area contributed by atoms with E-state index in [1.807, 2.05) is 0 Å². The van der Waals surface area contributed by atoms with Crippen molar-refractivity contribution < 1.29 is 14.7 Å². The van der Waals surface area contributed by atoms with Crippen molar-refractivity contribution in [3.8, 4) is 0 Å². The molecule has 138 valence electrons. The summed E-state index contributed by atoms with van der Waals surface area (Å²) < 4.78 is 0. The van der Waals surface area contributed by atoms with E-state index >= 15 is 0 Å². The molecular weight excluding hydrogens is 336 g/mol. The van der Waals surface area contributed by atoms with Gasteiger partial charge in [0, 0.05) is 17.8 Å². The maximum absolute atomic E-state index is 12.2. The standard InChI is InChI=1S/C21H29ClO3/c1-11(23)13-6-7-14-12-4-5-16-19(22)17(24)10-18(25)21(16,3)15(12)8-9-20(13,14)2/h12-15,18,25H,4-10H2,1-3H3/t12-,13+,14-,15-,18?,20+,21+/m0/s1. The molecule has 4 aliphatic rings. The van der Waals surface area contributed by atoms with Gasteiger partial charge in [0.2, 0.25) is 0 Å². The van der Waals surface area contributed by atoms with Crippen LogP contribution in [0.4, 0.5) is 0 Å². The van der Waals surface area contributed by atoms with Gasteiger partial charge in [-0.15, -0.1) is 0 Å². The first kappa shape index (κ1) is 17.7. The summed E-state index contributed by atoms with van der Waals surface area (Å²) in [6.07, 6.45) is 5.59. The normalized spacial score (nSPS) is 49.5. The van der Waals surface area contributed by atoms with Gasteiger partial charge in [-0.1, -0.05) is 25.4 Å². The minimum atomic E-state index is -0.625. The number of hydrogen-bond acceptors (Lipinski definition) is 3. The van der Waals surface area contributed by atoms with Crippen LogP contribution in [0.1, 0.15) is 65.7 Å². The molecular formula is C21H29ClO3. The van der Waals surface area contributed by atoms with Gasteiger partial charge in [-0.05, 0) is 74.2 Å². The summed E-state index contributed by atoms with van der Waals surface area (Å²) in [5.74, 6) is 1.91. The molecule has 0 spiro atoms. The van der Waals surface area contributed by atoms with Crippen LogP contribution in [0, 0.1) is 34.5 Å². The number of ketones is 2. The van der Waals surface area contributed by atoms with Gasteiger partial charge in [0.05, 0.1) is 11.1 Å². The Kier molecular flexibility index (Phi) is 4.01. The van der Waals surface area contributed by atoms with E-state index in [0.717, 1.165) is 44.1 Å². The summed E-state index contributed by atoms with van der Waals surface area (Å²) in [5.41, 5.74) is 0.747. The molecule has 3 saturated carbocycles. The molecule has 0 heterocycles. The van der Waals surface area contributed by atoms with E-state index in [0.29, 0.717) is 28.6 Å². The second kappa shape index (κ2) is 5.66. The van der Waals surface area contributed by atoms with E-state index in [2.05, 4.69) is 13.8 Å². The molecule has 0 aromatic heterocycles. The molecule has 0 aromatic carbocycles. The Morgan fingerprint density at radius 1 is 1.16 bits per heavy atom. The lowest BCUT2D eigenvalue weighted by atomic mass is 9.46. The van der Waals surface area contributed by atoms with E-state index < -0.39 is 6.10 Å². The highest BCUT2D eigenvalue weighted by molar-refractivity contribution is 6.43. The largest absolute Gasteiger partial charge is 0.392 e. The zero-order chi connectivity index (χ0) is 18.1. The first-order chi connectivity index (χ1) is 11.7. The third-order valence-electron chi connectivity index (χ3n) is 8.66. The molecule has 0 aliphatic heterocycles. The quantitative estimate of drug-likeness (QED) is 0.756. The first-order valence-electron chi connectivity index (χ1n) is 9.82. The number of carbonyl (C=O) groups is 2. The van der Waals surface area contributed by atoms with Crippen LogP contribution in [0.3, 0.4) is 0 Å². The minimum Gasteiger partial charge on any atom is -0.392 e. The maximum atomic E-state index is 12.2. The second-order valence-electron chi connectivity index (χ2n) is 9.42. The van der Waals surface area contributed by atoms with Gasteiger partial charge in [-0.3, -0.25) is 9.59 Å². The minimum absolute atomic E-state index is 0.0988. The van der Waals surface area contributed by atoms with Crippen LogP contribution in [0.5, 0.6) is 0 Å². The Morgan fingerprint density at radius 2 is 1.88 bits per heavy atom. The predicted molar refractivity (Wildman–Crippen MR) is 97.1 cm³/mol. The summed E-state index contributed by atoms with van der Waals surface area (Å²) in [6, 6.07) is 0.